The van der Waals surface area contributed by atoms with Gasteiger partial charge in [-0.1, -0.05) is 42.5 Å². The number of ether oxygens (including phenoxy) is 1. The highest BCUT2D eigenvalue weighted by Crippen LogP contribution is 2.26. The Morgan fingerprint density at radius 1 is 0.875 bits per heavy atom. The minimum Gasteiger partial charge on any atom is -0.452 e. The van der Waals surface area contributed by atoms with Gasteiger partial charge in [0.1, 0.15) is 0 Å². The predicted octanol–water partition coefficient (Wildman–Crippen LogP) is 3.59. The highest BCUT2D eigenvalue weighted by molar-refractivity contribution is 6.21. The van der Waals surface area contributed by atoms with Crippen molar-refractivity contribution >= 4 is 29.4 Å². The fourth-order valence-electron chi connectivity index (χ4n) is 3.46. The Hall–Kier alpha value is -4.26. The maximum absolute atomic E-state index is 12.8. The summed E-state index contributed by atoms with van der Waals surface area (Å²) >= 11 is 0. The van der Waals surface area contributed by atoms with Crippen LogP contribution in [0.3, 0.4) is 0 Å². The van der Waals surface area contributed by atoms with Gasteiger partial charge in [0.2, 0.25) is 0 Å². The van der Waals surface area contributed by atoms with Gasteiger partial charge in [0.05, 0.1) is 23.2 Å². The Morgan fingerprint density at radius 2 is 1.62 bits per heavy atom. The van der Waals surface area contributed by atoms with E-state index in [4.69, 9.17) is 4.74 Å². The molecule has 0 bridgehead atoms. The van der Waals surface area contributed by atoms with Crippen LogP contribution in [0.25, 0.3) is 0 Å². The lowest BCUT2D eigenvalue weighted by atomic mass is 10.1. The Kier molecular flexibility index (Phi) is 5.81. The van der Waals surface area contributed by atoms with Crippen molar-refractivity contribution in [3.05, 3.63) is 101 Å². The Labute approximate surface area is 184 Å². The van der Waals surface area contributed by atoms with Crippen molar-refractivity contribution in [2.45, 2.75) is 13.5 Å². The number of nitrogens with one attached hydrogen (secondary N) is 1. The number of carbonyl (C=O) groups excluding carboxylic acids is 4. The van der Waals surface area contributed by atoms with Gasteiger partial charge >= 0.3 is 5.97 Å². The molecule has 1 aliphatic rings. The minimum atomic E-state index is -0.756. The molecule has 7 nitrogen and oxygen atoms in total. The van der Waals surface area contributed by atoms with Gasteiger partial charge in [-0.05, 0) is 48.4 Å². The molecule has 7 heteroatoms. The van der Waals surface area contributed by atoms with E-state index in [2.05, 4.69) is 5.32 Å². The molecule has 3 aromatic rings. The van der Waals surface area contributed by atoms with E-state index in [0.29, 0.717) is 5.69 Å². The highest BCUT2D eigenvalue weighted by atomic mass is 16.5. The number of esters is 1. The molecule has 0 aromatic heterocycles. The van der Waals surface area contributed by atoms with Crippen LogP contribution < -0.4 is 5.32 Å². The van der Waals surface area contributed by atoms with E-state index in [-0.39, 0.29) is 23.2 Å². The maximum Gasteiger partial charge on any atom is 0.338 e. The number of anilines is 1. The second-order valence-corrected chi connectivity index (χ2v) is 7.44. The number of nitrogens with zero attached hydrogens (tertiary/aromatic N) is 1. The van der Waals surface area contributed by atoms with Gasteiger partial charge < -0.3 is 10.1 Å². The molecule has 0 fully saturated rings. The van der Waals surface area contributed by atoms with Crippen LogP contribution in [0.4, 0.5) is 5.69 Å². The van der Waals surface area contributed by atoms with Crippen molar-refractivity contribution in [1.29, 1.82) is 0 Å². The van der Waals surface area contributed by atoms with Crippen LogP contribution in [-0.2, 0) is 16.1 Å². The molecule has 1 heterocycles. The molecule has 0 saturated heterocycles. The maximum atomic E-state index is 12.8. The van der Waals surface area contributed by atoms with E-state index < -0.39 is 30.3 Å². The molecule has 160 valence electrons. The van der Waals surface area contributed by atoms with Crippen LogP contribution in [-0.4, -0.2) is 35.2 Å². The van der Waals surface area contributed by atoms with E-state index in [0.717, 1.165) is 16.0 Å². The summed E-state index contributed by atoms with van der Waals surface area (Å²) in [6.07, 6.45) is 0. The first-order chi connectivity index (χ1) is 15.4. The third-order valence-electron chi connectivity index (χ3n) is 5.03. The minimum absolute atomic E-state index is 0.0924. The molecule has 0 saturated carbocycles. The number of imide groups is 1. The zero-order chi connectivity index (χ0) is 22.7. The van der Waals surface area contributed by atoms with Crippen molar-refractivity contribution in [1.82, 2.24) is 4.90 Å². The molecule has 32 heavy (non-hydrogen) atoms. The van der Waals surface area contributed by atoms with Gasteiger partial charge in [0, 0.05) is 5.69 Å². The first kappa shape index (κ1) is 21.0. The monoisotopic (exact) mass is 428 g/mol. The van der Waals surface area contributed by atoms with Crippen molar-refractivity contribution in [3.63, 3.8) is 0 Å². The summed E-state index contributed by atoms with van der Waals surface area (Å²) in [5, 5.41) is 2.65. The molecule has 0 radical (unpaired) electrons. The van der Waals surface area contributed by atoms with Crippen LogP contribution >= 0.6 is 0 Å². The molecule has 0 unspecified atom stereocenters. The zero-order valence-corrected chi connectivity index (χ0v) is 17.3. The summed E-state index contributed by atoms with van der Waals surface area (Å²) in [6, 6.07) is 20.6. The summed E-state index contributed by atoms with van der Waals surface area (Å²) in [5.41, 5.74) is 2.88. The van der Waals surface area contributed by atoms with E-state index in [1.54, 1.807) is 18.2 Å². The van der Waals surface area contributed by atoms with Crippen molar-refractivity contribution in [2.75, 3.05) is 11.9 Å². The van der Waals surface area contributed by atoms with Gasteiger partial charge in [-0.25, -0.2) is 4.79 Å². The van der Waals surface area contributed by atoms with Crippen molar-refractivity contribution < 1.29 is 23.9 Å². The Bertz CT molecular complexity index is 1220. The normalized spacial score (nSPS) is 12.5. The van der Waals surface area contributed by atoms with Crippen LogP contribution in [0.2, 0.25) is 0 Å². The van der Waals surface area contributed by atoms with Crippen LogP contribution in [0.15, 0.2) is 72.8 Å². The summed E-state index contributed by atoms with van der Waals surface area (Å²) in [5.74, 6) is -2.12. The van der Waals surface area contributed by atoms with Gasteiger partial charge in [0.15, 0.2) is 6.61 Å². The van der Waals surface area contributed by atoms with Gasteiger partial charge in [-0.3, -0.25) is 19.3 Å². The number of hydrogen-bond donors (Lipinski definition) is 1. The van der Waals surface area contributed by atoms with Gasteiger partial charge in [-0.15, -0.1) is 0 Å². The SMILES string of the molecule is Cc1cccc(NC(=O)COC(=O)c2ccc3c(c2)C(=O)N(Cc2ccccc2)C3=O)c1. The summed E-state index contributed by atoms with van der Waals surface area (Å²) in [7, 11) is 0. The average Bonchev–Trinajstić information content (AvgIpc) is 3.02. The molecular formula is C25H20N2O5. The molecule has 3 amide bonds. The average molecular weight is 428 g/mol. The second kappa shape index (κ2) is 8.85. The standard InChI is InChI=1S/C25H20N2O5/c1-16-6-5-9-19(12-16)26-22(28)15-32-25(31)18-10-11-20-21(13-18)24(30)27(23(20)29)14-17-7-3-2-4-8-17/h2-13H,14-15H2,1H3,(H,26,28). The third kappa shape index (κ3) is 4.41. The van der Waals surface area contributed by atoms with Crippen molar-refractivity contribution in [2.24, 2.45) is 0 Å². The molecule has 0 atom stereocenters. The van der Waals surface area contributed by atoms with Crippen LogP contribution in [0, 0.1) is 6.92 Å². The quantitative estimate of drug-likeness (QED) is 0.479. The fourth-order valence-corrected chi connectivity index (χ4v) is 3.46. The highest BCUT2D eigenvalue weighted by Gasteiger charge is 2.36. The van der Waals surface area contributed by atoms with Crippen LogP contribution in [0.1, 0.15) is 42.2 Å². The van der Waals surface area contributed by atoms with E-state index >= 15 is 0 Å². The molecular weight excluding hydrogens is 408 g/mol. The van der Waals surface area contributed by atoms with Crippen molar-refractivity contribution in [3.8, 4) is 0 Å². The summed E-state index contributed by atoms with van der Waals surface area (Å²) in [4.78, 5) is 51.0. The molecule has 1 aliphatic heterocycles. The van der Waals surface area contributed by atoms with Crippen LogP contribution in [0.5, 0.6) is 0 Å². The van der Waals surface area contributed by atoms with E-state index in [9.17, 15) is 19.2 Å². The largest absolute Gasteiger partial charge is 0.452 e. The first-order valence-electron chi connectivity index (χ1n) is 10.00. The number of benzene rings is 3. The number of hydrogen-bond acceptors (Lipinski definition) is 5. The smallest absolute Gasteiger partial charge is 0.338 e. The Morgan fingerprint density at radius 3 is 2.38 bits per heavy atom. The third-order valence-corrected chi connectivity index (χ3v) is 5.03. The molecule has 0 aliphatic carbocycles. The predicted molar refractivity (Wildman–Crippen MR) is 117 cm³/mol. The number of carbonyl (C=O) groups is 4. The number of fused-ring (bicyclic) bond motifs is 1. The molecule has 0 spiro atoms. The lowest BCUT2D eigenvalue weighted by Gasteiger charge is -2.13. The Balaban J connectivity index is 1.41. The number of rotatable bonds is 6. The fraction of sp³-hybridized carbons (Fsp3) is 0.120. The molecule has 1 N–H and O–H groups in total. The lowest BCUT2D eigenvalue weighted by molar-refractivity contribution is -0.119. The lowest BCUT2D eigenvalue weighted by Crippen LogP contribution is -2.29. The second-order valence-electron chi connectivity index (χ2n) is 7.44. The summed E-state index contributed by atoms with van der Waals surface area (Å²) in [6.45, 7) is 1.57. The summed E-state index contributed by atoms with van der Waals surface area (Å²) < 4.78 is 5.08. The van der Waals surface area contributed by atoms with E-state index in [1.165, 1.54) is 18.2 Å². The van der Waals surface area contributed by atoms with Gasteiger partial charge in [-0.2, -0.15) is 0 Å². The zero-order valence-electron chi connectivity index (χ0n) is 17.3. The molecule has 4 rings (SSSR count). The first-order valence-corrected chi connectivity index (χ1v) is 10.00. The van der Waals surface area contributed by atoms with Gasteiger partial charge in [0.25, 0.3) is 17.7 Å². The number of aryl methyl sites for hydroxylation is 1. The van der Waals surface area contributed by atoms with E-state index in [1.807, 2.05) is 43.3 Å². The topological polar surface area (TPSA) is 92.8 Å². The molecule has 3 aromatic carbocycles. The number of amides is 3.